The van der Waals surface area contributed by atoms with Gasteiger partial charge in [-0.05, 0) is 35.7 Å². The average molecular weight is 445 g/mol. The minimum Gasteiger partial charge on any atom is -0.458 e. The van der Waals surface area contributed by atoms with Crippen molar-refractivity contribution in [2.24, 2.45) is 28.6 Å². The summed E-state index contributed by atoms with van der Waals surface area (Å²) in [6.45, 7) is 15.8. The van der Waals surface area contributed by atoms with Crippen molar-refractivity contribution in [1.29, 1.82) is 0 Å². The Bertz CT molecular complexity index is 912. The highest BCUT2D eigenvalue weighted by molar-refractivity contribution is 6.33. The van der Waals surface area contributed by atoms with Gasteiger partial charge >= 0.3 is 5.97 Å². The first-order chi connectivity index (χ1) is 14.3. The number of rotatable bonds is 3. The molecule has 170 valence electrons. The zero-order valence-corrected chi connectivity index (χ0v) is 20.6. The zero-order chi connectivity index (χ0) is 23.1. The van der Waals surface area contributed by atoms with Gasteiger partial charge in [-0.1, -0.05) is 78.3 Å². The van der Waals surface area contributed by atoms with Gasteiger partial charge in [-0.25, -0.2) is 4.79 Å². The van der Waals surface area contributed by atoms with E-state index in [1.165, 1.54) is 0 Å². The predicted molar refractivity (Wildman–Crippen MR) is 129 cm³/mol. The number of carbonyl (C=O) groups is 1. The van der Waals surface area contributed by atoms with E-state index < -0.39 is 0 Å². The van der Waals surface area contributed by atoms with Crippen LogP contribution in [0.5, 0.6) is 0 Å². The number of nitrogens with one attached hydrogen (secondary N) is 1. The molecule has 1 heterocycles. The first kappa shape index (κ1) is 23.7. The van der Waals surface area contributed by atoms with E-state index in [1.807, 2.05) is 24.3 Å². The number of halogens is 1. The maximum Gasteiger partial charge on any atom is 0.342 e. The van der Waals surface area contributed by atoms with Crippen molar-refractivity contribution in [2.75, 3.05) is 5.73 Å². The highest BCUT2D eigenvalue weighted by Gasteiger charge is 2.48. The number of nitrogen functional groups attached to an aromatic ring is 1. The highest BCUT2D eigenvalue weighted by Crippen LogP contribution is 2.50. The fourth-order valence-electron chi connectivity index (χ4n) is 5.10. The number of ether oxygens (including phenoxy) is 1. The summed E-state index contributed by atoms with van der Waals surface area (Å²) in [4.78, 5) is 16.6. The molecule has 1 aromatic carbocycles. The Balaban J connectivity index is 2.01. The monoisotopic (exact) mass is 444 g/mol. The molecular weight excluding hydrogens is 408 g/mol. The van der Waals surface area contributed by atoms with Crippen LogP contribution in [-0.2, 0) is 4.74 Å². The Morgan fingerprint density at radius 1 is 1.03 bits per heavy atom. The molecule has 1 aromatic heterocycles. The molecule has 2 atom stereocenters. The van der Waals surface area contributed by atoms with Gasteiger partial charge in [-0.15, -0.1) is 0 Å². The third kappa shape index (κ3) is 4.95. The lowest BCUT2D eigenvalue weighted by atomic mass is 9.59. The topological polar surface area (TPSA) is 68.1 Å². The van der Waals surface area contributed by atoms with Crippen molar-refractivity contribution in [2.45, 2.75) is 67.4 Å². The summed E-state index contributed by atoms with van der Waals surface area (Å²) in [5.74, 6) is 1.07. The van der Waals surface area contributed by atoms with Crippen LogP contribution in [0.2, 0.25) is 5.02 Å². The molecule has 0 saturated heterocycles. The number of carbonyl (C=O) groups excluding carboxylic acids is 1. The van der Waals surface area contributed by atoms with E-state index in [1.54, 1.807) is 6.20 Å². The summed E-state index contributed by atoms with van der Waals surface area (Å²) in [6, 6.07) is 7.46. The van der Waals surface area contributed by atoms with Crippen LogP contribution in [0.25, 0.3) is 11.1 Å². The summed E-state index contributed by atoms with van der Waals surface area (Å²) in [5.41, 5.74) is 8.06. The van der Waals surface area contributed by atoms with Gasteiger partial charge in [0.2, 0.25) is 0 Å². The molecule has 0 bridgehead atoms. The van der Waals surface area contributed by atoms with Crippen molar-refractivity contribution in [1.82, 2.24) is 4.98 Å². The van der Waals surface area contributed by atoms with Gasteiger partial charge in [0.1, 0.15) is 17.5 Å². The molecule has 3 rings (SSSR count). The molecule has 0 radical (unpaired) electrons. The number of aromatic nitrogens is 1. The molecule has 0 aliphatic heterocycles. The number of hydrogen-bond donors (Lipinski definition) is 2. The number of benzene rings is 1. The molecule has 1 aliphatic rings. The van der Waals surface area contributed by atoms with E-state index in [2.05, 4.69) is 53.5 Å². The van der Waals surface area contributed by atoms with E-state index in [0.29, 0.717) is 27.9 Å². The number of nitrogens with two attached hydrogens (primary N) is 1. The minimum absolute atomic E-state index is 0.0262. The van der Waals surface area contributed by atoms with Crippen molar-refractivity contribution >= 4 is 23.4 Å². The third-order valence-electron chi connectivity index (χ3n) is 6.85. The molecule has 1 saturated carbocycles. The second kappa shape index (κ2) is 8.54. The molecular formula is C26H37ClN2O2. The number of hydrogen-bond acceptors (Lipinski definition) is 3. The van der Waals surface area contributed by atoms with Gasteiger partial charge in [-0.3, -0.25) is 0 Å². The maximum absolute atomic E-state index is 13.6. The van der Waals surface area contributed by atoms with Crippen LogP contribution in [0, 0.1) is 28.6 Å². The van der Waals surface area contributed by atoms with Crippen molar-refractivity contribution < 1.29 is 9.53 Å². The Kier molecular flexibility index (Phi) is 6.53. The Hall–Kier alpha value is -1.94. The molecule has 2 aromatic rings. The van der Waals surface area contributed by atoms with E-state index in [4.69, 9.17) is 22.1 Å². The fraction of sp³-hybridized carbons (Fsp3) is 0.577. The maximum atomic E-state index is 13.6. The van der Waals surface area contributed by atoms with Crippen LogP contribution in [-0.4, -0.2) is 17.1 Å². The standard InChI is InChI=1S/C26H37ClN2O2/c1-15-12-18(25(2,3)4)22(19(13-15)26(5,6)7)31-24(30)21-17(14-29-23(21)28)16-10-8-9-11-20(16)27/h8-11,14-15,18-19,22,29H,12-13,28H2,1-7H3. The minimum atomic E-state index is -0.378. The SMILES string of the molecule is CC1CC(C(C)(C)C)C(OC(=O)c2c(-c3ccccc3Cl)c[nH]c2N)C(C(C)(C)C)C1. The highest BCUT2D eigenvalue weighted by atomic mass is 35.5. The number of aromatic amines is 1. The first-order valence-electron chi connectivity index (χ1n) is 11.2. The van der Waals surface area contributed by atoms with Crippen LogP contribution in [0.4, 0.5) is 5.82 Å². The lowest BCUT2D eigenvalue weighted by Crippen LogP contribution is -2.49. The fourth-order valence-corrected chi connectivity index (χ4v) is 5.34. The van der Waals surface area contributed by atoms with Crippen molar-refractivity contribution in [3.05, 3.63) is 41.0 Å². The number of esters is 1. The van der Waals surface area contributed by atoms with E-state index in [-0.39, 0.29) is 34.7 Å². The molecule has 2 unspecified atom stereocenters. The summed E-state index contributed by atoms with van der Waals surface area (Å²) in [6.07, 6.45) is 3.66. The van der Waals surface area contributed by atoms with E-state index in [9.17, 15) is 4.79 Å². The quantitative estimate of drug-likeness (QED) is 0.492. The zero-order valence-electron chi connectivity index (χ0n) is 19.9. The van der Waals surface area contributed by atoms with Gasteiger partial charge in [0.05, 0.1) is 0 Å². The van der Waals surface area contributed by atoms with Gasteiger partial charge in [0.15, 0.2) is 0 Å². The van der Waals surface area contributed by atoms with E-state index >= 15 is 0 Å². The normalized spacial score (nSPS) is 24.8. The predicted octanol–water partition coefficient (Wildman–Crippen LogP) is 7.20. The van der Waals surface area contributed by atoms with Crippen LogP contribution >= 0.6 is 11.6 Å². The van der Waals surface area contributed by atoms with Gasteiger partial charge < -0.3 is 15.5 Å². The van der Waals surface area contributed by atoms with Crippen LogP contribution < -0.4 is 5.73 Å². The van der Waals surface area contributed by atoms with Gasteiger partial charge in [-0.2, -0.15) is 0 Å². The molecule has 4 nitrogen and oxygen atoms in total. The summed E-state index contributed by atoms with van der Waals surface area (Å²) in [5, 5.41) is 0.571. The van der Waals surface area contributed by atoms with Crippen LogP contribution in [0.15, 0.2) is 30.5 Å². The second-order valence-electron chi connectivity index (χ2n) is 11.4. The Morgan fingerprint density at radius 2 is 1.58 bits per heavy atom. The molecule has 0 spiro atoms. The largest absolute Gasteiger partial charge is 0.458 e. The number of anilines is 1. The van der Waals surface area contributed by atoms with Crippen LogP contribution in [0.3, 0.4) is 0 Å². The average Bonchev–Trinajstić information content (AvgIpc) is 3.02. The van der Waals surface area contributed by atoms with Gasteiger partial charge in [0, 0.05) is 34.2 Å². The van der Waals surface area contributed by atoms with Crippen molar-refractivity contribution in [3.63, 3.8) is 0 Å². The van der Waals surface area contributed by atoms with E-state index in [0.717, 1.165) is 18.4 Å². The molecule has 31 heavy (non-hydrogen) atoms. The molecule has 0 amide bonds. The molecule has 1 aliphatic carbocycles. The van der Waals surface area contributed by atoms with Crippen molar-refractivity contribution in [3.8, 4) is 11.1 Å². The number of H-pyrrole nitrogens is 1. The summed E-state index contributed by atoms with van der Waals surface area (Å²) < 4.78 is 6.36. The lowest BCUT2D eigenvalue weighted by Gasteiger charge is -2.50. The smallest absolute Gasteiger partial charge is 0.342 e. The molecule has 1 fully saturated rings. The van der Waals surface area contributed by atoms with Gasteiger partial charge in [0.25, 0.3) is 0 Å². The molecule has 3 N–H and O–H groups in total. The first-order valence-corrected chi connectivity index (χ1v) is 11.6. The summed E-state index contributed by atoms with van der Waals surface area (Å²) >= 11 is 6.41. The molecule has 5 heteroatoms. The Labute approximate surface area is 191 Å². The lowest BCUT2D eigenvalue weighted by molar-refractivity contribution is -0.0922. The van der Waals surface area contributed by atoms with Crippen LogP contribution in [0.1, 0.15) is 71.7 Å². The third-order valence-corrected chi connectivity index (χ3v) is 7.18. The summed E-state index contributed by atoms with van der Waals surface area (Å²) in [7, 11) is 0. The Morgan fingerprint density at radius 3 is 2.10 bits per heavy atom. The second-order valence-corrected chi connectivity index (χ2v) is 11.8.